The van der Waals surface area contributed by atoms with Gasteiger partial charge in [-0.15, -0.1) is 35.0 Å². The van der Waals surface area contributed by atoms with Gasteiger partial charge in [-0.05, 0) is 54.4 Å². The van der Waals surface area contributed by atoms with E-state index in [-0.39, 0.29) is 17.6 Å². The van der Waals surface area contributed by atoms with E-state index < -0.39 is 23.4 Å². The predicted molar refractivity (Wildman–Crippen MR) is 172 cm³/mol. The summed E-state index contributed by atoms with van der Waals surface area (Å²) in [5, 5.41) is 12.9. The Balaban J connectivity index is 1.81. The first-order valence-electron chi connectivity index (χ1n) is 14.3. The van der Waals surface area contributed by atoms with Gasteiger partial charge < -0.3 is 14.8 Å². The van der Waals surface area contributed by atoms with Gasteiger partial charge >= 0.3 is 12.2 Å². The highest BCUT2D eigenvalue weighted by Crippen LogP contribution is 2.26. The van der Waals surface area contributed by atoms with Gasteiger partial charge in [-0.1, -0.05) is 6.42 Å². The van der Waals surface area contributed by atoms with Crippen LogP contribution in [0.5, 0.6) is 0 Å². The topological polar surface area (TPSA) is 161 Å². The number of guanidine groups is 1. The van der Waals surface area contributed by atoms with Crippen LogP contribution in [0, 0.1) is 12.3 Å². The zero-order valence-electron chi connectivity index (χ0n) is 26.2. The molecule has 3 N–H and O–H groups in total. The first-order valence-corrected chi connectivity index (χ1v) is 16.1. The van der Waals surface area contributed by atoms with E-state index in [9.17, 15) is 19.2 Å². The molecule has 0 saturated heterocycles. The van der Waals surface area contributed by atoms with Gasteiger partial charge in [0.1, 0.15) is 27.6 Å². The Labute approximate surface area is 266 Å². The van der Waals surface area contributed by atoms with E-state index in [0.29, 0.717) is 74.4 Å². The van der Waals surface area contributed by atoms with Crippen LogP contribution >= 0.6 is 22.7 Å². The van der Waals surface area contributed by atoms with Gasteiger partial charge in [0.05, 0.1) is 5.01 Å². The summed E-state index contributed by atoms with van der Waals surface area (Å²) in [6.45, 7) is 11.1. The molecule has 2 aromatic rings. The van der Waals surface area contributed by atoms with Gasteiger partial charge in [0.25, 0.3) is 0 Å². The number of aliphatic imine (C=N–C) groups is 1. The Morgan fingerprint density at radius 2 is 1.57 bits per heavy atom. The summed E-state index contributed by atoms with van der Waals surface area (Å²) in [6.07, 6.45) is 7.27. The van der Waals surface area contributed by atoms with Crippen LogP contribution in [0.15, 0.2) is 15.8 Å². The average Bonchev–Trinajstić information content (AvgIpc) is 3.57. The summed E-state index contributed by atoms with van der Waals surface area (Å²) in [4.78, 5) is 62.1. The number of carbonyl (C=O) groups excluding carboxylic acids is 4. The van der Waals surface area contributed by atoms with Crippen molar-refractivity contribution in [3.63, 3.8) is 0 Å². The fourth-order valence-electron chi connectivity index (χ4n) is 3.43. The Bertz CT molecular complexity index is 1310. The quantitative estimate of drug-likeness (QED) is 0.0847. The molecule has 0 aliphatic carbocycles. The molecule has 14 heteroatoms. The number of carbonyl (C=O) groups is 4. The van der Waals surface area contributed by atoms with Crippen LogP contribution in [0.3, 0.4) is 0 Å². The molecular formula is C30H42N6O6S2. The van der Waals surface area contributed by atoms with Crippen molar-refractivity contribution in [2.75, 3.05) is 13.1 Å². The molecule has 44 heavy (non-hydrogen) atoms. The smallest absolute Gasteiger partial charge is 0.414 e. The van der Waals surface area contributed by atoms with E-state index in [2.05, 4.69) is 36.8 Å². The number of ether oxygens (including phenoxy) is 2. The molecule has 0 spiro atoms. The molecule has 0 aliphatic heterocycles. The molecule has 0 bridgehead atoms. The molecule has 3 amide bonds. The standard InChI is InChI=1S/C30H42N6O6S2/c1-8-9-14-23(38)31-17-15-24-33-21(19-43-24)25-34-20(18-44-25)22(37)13-11-10-12-16-32-26(35-27(39)41-29(2,3)4)36-28(40)42-30(5,6)7/h1,18-19H,9-17H2,2-7H3,(H,31,38)(H2,32,35,36,39,40). The van der Waals surface area contributed by atoms with Gasteiger partial charge in [0.2, 0.25) is 11.9 Å². The minimum absolute atomic E-state index is 0.0555. The van der Waals surface area contributed by atoms with E-state index >= 15 is 0 Å². The average molecular weight is 647 g/mol. The minimum Gasteiger partial charge on any atom is -0.444 e. The van der Waals surface area contributed by atoms with Crippen molar-refractivity contribution < 1.29 is 28.7 Å². The number of unbranched alkanes of at least 4 members (excludes halogenated alkanes) is 2. The van der Waals surface area contributed by atoms with Crippen LogP contribution in [0.4, 0.5) is 9.59 Å². The number of rotatable bonds is 13. The number of aromatic nitrogens is 2. The molecule has 0 atom stereocenters. The fourth-order valence-corrected chi connectivity index (χ4v) is 5.07. The van der Waals surface area contributed by atoms with E-state index in [1.807, 2.05) is 5.38 Å². The summed E-state index contributed by atoms with van der Waals surface area (Å²) in [7, 11) is 0. The van der Waals surface area contributed by atoms with Crippen LogP contribution < -0.4 is 16.0 Å². The minimum atomic E-state index is -0.755. The van der Waals surface area contributed by atoms with Crippen molar-refractivity contribution in [1.29, 1.82) is 0 Å². The van der Waals surface area contributed by atoms with E-state index in [1.54, 1.807) is 46.9 Å². The molecule has 0 aliphatic rings. The number of alkyl carbamates (subject to hydrolysis) is 2. The van der Waals surface area contributed by atoms with Crippen molar-refractivity contribution in [3.8, 4) is 23.0 Å². The highest BCUT2D eigenvalue weighted by atomic mass is 32.1. The lowest BCUT2D eigenvalue weighted by molar-refractivity contribution is -0.120. The molecule has 0 radical (unpaired) electrons. The van der Waals surface area contributed by atoms with Crippen LogP contribution in [-0.4, -0.2) is 64.1 Å². The first-order chi connectivity index (χ1) is 20.6. The lowest BCUT2D eigenvalue weighted by atomic mass is 10.1. The molecule has 0 unspecified atom stereocenters. The SMILES string of the molecule is C#CCCC(=O)NCCc1nc(-c2nc(C(=O)CCCCCN=C(NC(=O)OC(C)(C)C)NC(=O)OC(C)(C)C)cs2)cs1. The second kappa shape index (κ2) is 17.5. The maximum absolute atomic E-state index is 12.7. The van der Waals surface area contributed by atoms with E-state index in [1.165, 1.54) is 22.7 Å². The molecule has 12 nitrogen and oxygen atoms in total. The van der Waals surface area contributed by atoms with Crippen molar-refractivity contribution in [2.45, 2.75) is 97.7 Å². The van der Waals surface area contributed by atoms with Gasteiger partial charge in [0, 0.05) is 49.5 Å². The number of nitrogens with zero attached hydrogens (tertiary/aromatic N) is 3. The van der Waals surface area contributed by atoms with Gasteiger partial charge in [0.15, 0.2) is 5.78 Å². The van der Waals surface area contributed by atoms with Gasteiger partial charge in [-0.3, -0.25) is 25.2 Å². The molecule has 2 heterocycles. The monoisotopic (exact) mass is 646 g/mol. The summed E-state index contributed by atoms with van der Waals surface area (Å²) in [6, 6.07) is 0. The van der Waals surface area contributed by atoms with Crippen molar-refractivity contribution in [2.24, 2.45) is 4.99 Å². The number of nitrogens with one attached hydrogen (secondary N) is 3. The Kier molecular flexibility index (Phi) is 14.4. The largest absolute Gasteiger partial charge is 0.444 e. The normalized spacial score (nSPS) is 11.2. The summed E-state index contributed by atoms with van der Waals surface area (Å²) in [5.41, 5.74) is -0.333. The van der Waals surface area contributed by atoms with Crippen LogP contribution in [-0.2, 0) is 20.7 Å². The summed E-state index contributed by atoms with van der Waals surface area (Å²) in [5.74, 6) is 2.24. The van der Waals surface area contributed by atoms with Gasteiger partial charge in [-0.2, -0.15) is 0 Å². The number of thiazole rings is 2. The molecular weight excluding hydrogens is 605 g/mol. The third-order valence-corrected chi connectivity index (χ3v) is 7.06. The third-order valence-electron chi connectivity index (χ3n) is 5.29. The molecule has 0 fully saturated rings. The van der Waals surface area contributed by atoms with Crippen molar-refractivity contribution in [1.82, 2.24) is 25.9 Å². The van der Waals surface area contributed by atoms with Crippen LogP contribution in [0.2, 0.25) is 0 Å². The highest BCUT2D eigenvalue weighted by molar-refractivity contribution is 7.14. The molecule has 0 aromatic carbocycles. The van der Waals surface area contributed by atoms with E-state index in [4.69, 9.17) is 15.9 Å². The molecule has 240 valence electrons. The predicted octanol–water partition coefficient (Wildman–Crippen LogP) is 5.49. The second-order valence-corrected chi connectivity index (χ2v) is 13.5. The lowest BCUT2D eigenvalue weighted by Crippen LogP contribution is -2.47. The van der Waals surface area contributed by atoms with Crippen molar-refractivity contribution in [3.05, 3.63) is 21.5 Å². The third kappa shape index (κ3) is 15.1. The maximum Gasteiger partial charge on any atom is 0.414 e. The molecule has 2 aromatic heterocycles. The zero-order chi connectivity index (χ0) is 32.8. The van der Waals surface area contributed by atoms with Gasteiger partial charge in [-0.25, -0.2) is 19.6 Å². The molecule has 0 saturated carbocycles. The zero-order valence-corrected chi connectivity index (χ0v) is 27.8. The Hall–Kier alpha value is -3.83. The highest BCUT2D eigenvalue weighted by Gasteiger charge is 2.21. The number of terminal acetylenes is 1. The fraction of sp³-hybridized carbons (Fsp3) is 0.567. The number of ketones is 1. The molecule has 2 rings (SSSR count). The maximum atomic E-state index is 12.7. The number of hydrogen-bond acceptors (Lipinski definition) is 11. The van der Waals surface area contributed by atoms with Crippen LogP contribution in [0.1, 0.15) is 95.6 Å². The Morgan fingerprint density at radius 1 is 0.909 bits per heavy atom. The lowest BCUT2D eigenvalue weighted by Gasteiger charge is -2.22. The second-order valence-electron chi connectivity index (χ2n) is 11.7. The number of amides is 3. The summed E-state index contributed by atoms with van der Waals surface area (Å²) < 4.78 is 10.5. The summed E-state index contributed by atoms with van der Waals surface area (Å²) >= 11 is 2.85. The van der Waals surface area contributed by atoms with Crippen LogP contribution in [0.25, 0.3) is 10.7 Å². The Morgan fingerprint density at radius 3 is 2.18 bits per heavy atom. The number of hydrogen-bond donors (Lipinski definition) is 3. The number of Topliss-reactive ketones (excluding diaryl/α,β-unsaturated/α-hetero) is 1. The van der Waals surface area contributed by atoms with E-state index in [0.717, 1.165) is 5.01 Å². The first kappa shape index (κ1) is 36.4. The van der Waals surface area contributed by atoms with Crippen molar-refractivity contribution >= 4 is 52.5 Å².